The molecule has 0 radical (unpaired) electrons. The summed E-state index contributed by atoms with van der Waals surface area (Å²) in [5.41, 5.74) is 0.253. The number of nitrogens with zero attached hydrogens (tertiary/aromatic N) is 1. The Hall–Kier alpha value is 2.74. The zero-order valence-electron chi connectivity index (χ0n) is 15.1. The fraction of sp³-hybridized carbons (Fsp3) is 0.667. The molecule has 1 aliphatic rings. The summed E-state index contributed by atoms with van der Waals surface area (Å²) in [6.45, 7) is 5.81. The number of hydrogen-bond acceptors (Lipinski definition) is 4. The Morgan fingerprint density at radius 1 is 1.30 bits per heavy atom. The Morgan fingerprint density at radius 2 is 1.52 bits per heavy atom. The molecule has 15 heteroatoms. The molecule has 0 aliphatic carbocycles. The van der Waals surface area contributed by atoms with Crippen LogP contribution < -0.4 is 17.0 Å². The van der Waals surface area contributed by atoms with Crippen molar-refractivity contribution in [3.63, 3.8) is 0 Å². The average molecular weight is 1010 g/mol. The third-order valence-corrected chi connectivity index (χ3v) is 1.95. The summed E-state index contributed by atoms with van der Waals surface area (Å²) in [5, 5.41) is 14.1. The second-order valence-electron chi connectivity index (χ2n) is 4.08. The molecule has 1 fully saturated rings. The van der Waals surface area contributed by atoms with Crippen LogP contribution in [0.25, 0.3) is 0 Å². The van der Waals surface area contributed by atoms with Crippen LogP contribution >= 0.6 is 64.8 Å². The molecular weight excluding hydrogens is 984 g/mol. The van der Waals surface area contributed by atoms with Gasteiger partial charge in [0.05, 0.1) is 12.0 Å². The van der Waals surface area contributed by atoms with E-state index in [1.807, 2.05) is 14.1 Å². The predicted molar refractivity (Wildman–Crippen MR) is 111 cm³/mol. The first kappa shape index (κ1) is 52.0. The summed E-state index contributed by atoms with van der Waals surface area (Å²) in [7, 11) is 11.4. The standard InChI is InChI=1S/C8H16NO.2CH2Br.CH3ClO.CHO2.BrH.Cl2OS.2W/c1-8(2)5-6-10-7(8)9(3)4;2*1-2;2*2-1-3;;1-4(2)3;;/h5-6H2,1-4H3;2*1H2;3H,1H2;(H,2,3);1H;;;/q+1;2*-1;;-1;;;;+2/p-1. The molecular formula is C12H24Br3Cl3NO5SW2-. The Morgan fingerprint density at radius 3 is 1.59 bits per heavy atom. The number of hydrogen-bond donors (Lipinski definition) is 2. The van der Waals surface area contributed by atoms with E-state index >= 15 is 0 Å². The minimum Gasteiger partial charge on any atom is -1.00 e. The van der Waals surface area contributed by atoms with E-state index in [-0.39, 0.29) is 70.6 Å². The van der Waals surface area contributed by atoms with E-state index in [2.05, 4.69) is 94.9 Å². The fourth-order valence-electron chi connectivity index (χ4n) is 1.44. The van der Waals surface area contributed by atoms with Crippen LogP contribution in [0.2, 0.25) is 0 Å². The van der Waals surface area contributed by atoms with Gasteiger partial charge in [0, 0.05) is 48.9 Å². The monoisotopic (exact) mass is 1000 g/mol. The molecule has 0 saturated carbocycles. The number of alkyl halides is 1. The van der Waals surface area contributed by atoms with Gasteiger partial charge in [-0.05, 0) is 13.8 Å². The molecule has 0 spiro atoms. The average Bonchev–Trinajstić information content (AvgIpc) is 2.84. The van der Waals surface area contributed by atoms with Crippen molar-refractivity contribution in [1.82, 2.24) is 0 Å². The first-order valence-electron chi connectivity index (χ1n) is 5.74. The molecule has 1 saturated heterocycles. The Labute approximate surface area is 235 Å². The van der Waals surface area contributed by atoms with E-state index in [4.69, 9.17) is 24.0 Å². The topological polar surface area (TPSA) is 86.8 Å². The van der Waals surface area contributed by atoms with E-state index in [9.17, 15) is 0 Å². The molecule has 1 heterocycles. The molecule has 27 heavy (non-hydrogen) atoms. The van der Waals surface area contributed by atoms with E-state index in [1.54, 1.807) is 0 Å². The molecule has 0 bridgehead atoms. The van der Waals surface area contributed by atoms with Crippen LogP contribution in [-0.4, -0.2) is 58.1 Å². The largest absolute Gasteiger partial charge is 2.00 e. The number of ether oxygens (including phenoxy) is 1. The van der Waals surface area contributed by atoms with Crippen LogP contribution in [0.5, 0.6) is 0 Å². The van der Waals surface area contributed by atoms with Crippen LogP contribution in [0, 0.1) is 17.1 Å². The molecule has 0 aromatic heterocycles. The second kappa shape index (κ2) is 42.8. The van der Waals surface area contributed by atoms with Gasteiger partial charge < -0.3 is 68.6 Å². The summed E-state index contributed by atoms with van der Waals surface area (Å²) >= 11 is 9.93. The van der Waals surface area contributed by atoms with Crippen molar-refractivity contribution in [3.05, 3.63) is 11.7 Å². The second-order valence-corrected chi connectivity index (χ2v) is 6.84. The maximum absolute atomic E-state index is 9.09. The van der Waals surface area contributed by atoms with Gasteiger partial charge in [-0.25, -0.2) is 8.78 Å². The van der Waals surface area contributed by atoms with Crippen molar-refractivity contribution in [2.45, 2.75) is 20.3 Å². The zero-order valence-corrected chi connectivity index (χ0v) is 28.8. The normalized spacial score (nSPS) is 11.2. The molecule has 0 atom stereocenters. The minimum absolute atomic E-state index is 0. The zero-order chi connectivity index (χ0) is 20.8. The van der Waals surface area contributed by atoms with E-state index in [0.717, 1.165) is 18.9 Å². The quantitative estimate of drug-likeness (QED) is 0.166. The summed E-state index contributed by atoms with van der Waals surface area (Å²) in [5.74, 6) is 7.24. The Kier molecular flexibility index (Phi) is 82.3. The summed E-state index contributed by atoms with van der Waals surface area (Å²) < 4.78 is 16.6. The molecule has 0 amide bonds. The third kappa shape index (κ3) is 52.7. The first-order valence-corrected chi connectivity index (χ1v) is 11.3. The maximum atomic E-state index is 9.09. The minimum atomic E-state index is -1.67. The van der Waals surface area contributed by atoms with E-state index in [0.29, 0.717) is 6.47 Å². The molecule has 2 N–H and O–H groups in total. The van der Waals surface area contributed by atoms with E-state index < -0.39 is 9.23 Å². The smallest absolute Gasteiger partial charge is 1.00 e. The number of halogens is 6. The predicted octanol–water partition coefficient (Wildman–Crippen LogP) is 1.28. The van der Waals surface area contributed by atoms with Gasteiger partial charge in [-0.1, -0.05) is 18.1 Å². The van der Waals surface area contributed by atoms with E-state index in [1.165, 1.54) is 0 Å². The van der Waals surface area contributed by atoms with Gasteiger partial charge in [0.2, 0.25) is 9.23 Å². The van der Waals surface area contributed by atoms with Gasteiger partial charge >= 0.3 is 27.0 Å². The van der Waals surface area contributed by atoms with Crippen LogP contribution in [0.15, 0.2) is 0 Å². The third-order valence-electron chi connectivity index (χ3n) is 1.95. The summed E-state index contributed by atoms with van der Waals surface area (Å²) in [4.78, 5) is 8.24. The van der Waals surface area contributed by atoms with Crippen LogP contribution in [-0.2, 0) is 60.9 Å². The molecule has 0 aromatic rings. The van der Waals surface area contributed by atoms with Gasteiger partial charge in [0.1, 0.15) is 20.2 Å². The summed E-state index contributed by atoms with van der Waals surface area (Å²) in [6, 6.07) is -0.278. The molecule has 1 rings (SSSR count). The Balaban J connectivity index is -0.0000000306. The van der Waals surface area contributed by atoms with Gasteiger partial charge in [-0.15, -0.1) is 0 Å². The number of rotatable bonds is 0. The van der Waals surface area contributed by atoms with Gasteiger partial charge in [-0.2, -0.15) is 0 Å². The van der Waals surface area contributed by atoms with Gasteiger partial charge in [0.25, 0.3) is 0 Å². The fourth-order valence-corrected chi connectivity index (χ4v) is 1.44. The number of aliphatic hydroxyl groups excluding tert-OH is 2. The van der Waals surface area contributed by atoms with Crippen molar-refractivity contribution >= 4 is 86.4 Å². The van der Waals surface area contributed by atoms with Crippen LogP contribution in [0.3, 0.4) is 0 Å². The van der Waals surface area contributed by atoms with Crippen molar-refractivity contribution in [2.75, 3.05) is 26.8 Å². The SMILES string of the molecule is C[N+](C)=C1OCCC1(C)C.O=S(Cl)Cl.O=[C-]O.OCCl.[Br-].[CH2-]Br.[CH2-]Br.[W+2].[W]. The van der Waals surface area contributed by atoms with Crippen molar-refractivity contribution < 1.29 is 87.6 Å². The molecule has 0 unspecified atom stereocenters. The van der Waals surface area contributed by atoms with Crippen molar-refractivity contribution in [2.24, 2.45) is 5.41 Å². The van der Waals surface area contributed by atoms with Crippen molar-refractivity contribution in [3.8, 4) is 0 Å². The van der Waals surface area contributed by atoms with Crippen LogP contribution in [0.4, 0.5) is 0 Å². The molecule has 6 nitrogen and oxygen atoms in total. The Bertz CT molecular complexity index is 331. The van der Waals surface area contributed by atoms with Crippen LogP contribution in [0.1, 0.15) is 20.3 Å². The van der Waals surface area contributed by atoms with Gasteiger partial charge in [-0.3, -0.25) is 11.7 Å². The van der Waals surface area contributed by atoms with Gasteiger partial charge in [0.15, 0.2) is 0 Å². The molecule has 168 valence electrons. The van der Waals surface area contributed by atoms with Crippen molar-refractivity contribution in [1.29, 1.82) is 0 Å². The summed E-state index contributed by atoms with van der Waals surface area (Å²) in [6.07, 6.45) is 1.14. The molecule has 0 aromatic carbocycles. The first-order chi connectivity index (χ1) is 11.1. The number of aliphatic hydroxyl groups is 1. The maximum Gasteiger partial charge on any atom is 2.00 e. The molecule has 1 aliphatic heterocycles.